The number of aromatic nitrogens is 2. The predicted octanol–water partition coefficient (Wildman–Crippen LogP) is 0.326. The Hall–Kier alpha value is -2.10. The molecule has 1 aromatic heterocycles. The van der Waals surface area contributed by atoms with Gasteiger partial charge in [-0.15, -0.1) is 0 Å². The van der Waals surface area contributed by atoms with Gasteiger partial charge < -0.3 is 0 Å². The number of H-pyrrole nitrogens is 1. The van der Waals surface area contributed by atoms with Crippen LogP contribution in [0.3, 0.4) is 0 Å². The fourth-order valence-corrected chi connectivity index (χ4v) is 1.16. The van der Waals surface area contributed by atoms with Gasteiger partial charge in [-0.1, -0.05) is 12.1 Å². The minimum absolute atomic E-state index is 0.395. The van der Waals surface area contributed by atoms with E-state index in [1.807, 2.05) is 0 Å². The molecule has 1 aromatic carbocycles. The molecular formula is C10H7N2O2. The van der Waals surface area contributed by atoms with E-state index < -0.39 is 11.2 Å². The summed E-state index contributed by atoms with van der Waals surface area (Å²) in [6.07, 6.45) is 1.44. The summed E-state index contributed by atoms with van der Waals surface area (Å²) in [6.45, 7) is 0. The Morgan fingerprint density at radius 3 is 2.50 bits per heavy atom. The first-order valence-corrected chi connectivity index (χ1v) is 4.06. The van der Waals surface area contributed by atoms with Crippen LogP contribution >= 0.6 is 0 Å². The largest absolute Gasteiger partial charge is 0.332 e. The highest BCUT2D eigenvalue weighted by Gasteiger charge is 1.97. The van der Waals surface area contributed by atoms with Gasteiger partial charge in [-0.2, -0.15) is 0 Å². The minimum atomic E-state index is -0.441. The molecule has 0 atom stereocenters. The molecule has 1 heterocycles. The molecule has 1 N–H and O–H groups in total. The van der Waals surface area contributed by atoms with Gasteiger partial charge in [-0.05, 0) is 18.2 Å². The zero-order chi connectivity index (χ0) is 9.97. The molecule has 2 rings (SSSR count). The van der Waals surface area contributed by atoms with Crippen LogP contribution < -0.4 is 11.2 Å². The summed E-state index contributed by atoms with van der Waals surface area (Å²) in [5.41, 5.74) is -0.137. The van der Waals surface area contributed by atoms with E-state index in [1.54, 1.807) is 24.3 Å². The molecule has 1 radical (unpaired) electrons. The van der Waals surface area contributed by atoms with Gasteiger partial charge >= 0.3 is 5.69 Å². The molecule has 0 unspecified atom stereocenters. The number of benzene rings is 1. The molecule has 2 aromatic rings. The van der Waals surface area contributed by atoms with Crippen LogP contribution in [0.15, 0.2) is 46.1 Å². The first-order valence-electron chi connectivity index (χ1n) is 4.06. The molecule has 0 spiro atoms. The van der Waals surface area contributed by atoms with Gasteiger partial charge in [0.2, 0.25) is 0 Å². The van der Waals surface area contributed by atoms with E-state index in [9.17, 15) is 9.59 Å². The predicted molar refractivity (Wildman–Crippen MR) is 51.5 cm³/mol. The Morgan fingerprint density at radius 1 is 1.14 bits per heavy atom. The second kappa shape index (κ2) is 3.33. The second-order valence-corrected chi connectivity index (χ2v) is 2.74. The third-order valence-corrected chi connectivity index (χ3v) is 1.80. The van der Waals surface area contributed by atoms with Crippen molar-refractivity contribution in [3.63, 3.8) is 0 Å². The van der Waals surface area contributed by atoms with Crippen LogP contribution in [0.1, 0.15) is 0 Å². The molecule has 0 aliphatic rings. The SMILES string of the molecule is O=c1ccn(-c2cc[c]cc2)c(=O)[nH]1. The molecule has 0 saturated heterocycles. The van der Waals surface area contributed by atoms with Gasteiger partial charge in [0.05, 0.1) is 5.69 Å². The Labute approximate surface area is 79.5 Å². The first-order chi connectivity index (χ1) is 6.77. The average Bonchev–Trinajstić information content (AvgIpc) is 2.19. The molecule has 14 heavy (non-hydrogen) atoms. The van der Waals surface area contributed by atoms with Crippen LogP contribution in [0.25, 0.3) is 5.69 Å². The molecule has 4 nitrogen and oxygen atoms in total. The number of nitrogens with one attached hydrogen (secondary N) is 1. The number of hydrogen-bond donors (Lipinski definition) is 1. The Kier molecular flexibility index (Phi) is 2.02. The van der Waals surface area contributed by atoms with E-state index in [4.69, 9.17) is 0 Å². The lowest BCUT2D eigenvalue weighted by Gasteiger charge is -2.02. The maximum atomic E-state index is 11.3. The van der Waals surface area contributed by atoms with Gasteiger partial charge in [0.15, 0.2) is 0 Å². The van der Waals surface area contributed by atoms with E-state index in [0.29, 0.717) is 5.69 Å². The average molecular weight is 187 g/mol. The third kappa shape index (κ3) is 1.50. The highest BCUT2D eigenvalue weighted by Crippen LogP contribution is 2.00. The Balaban J connectivity index is 2.64. The molecule has 0 fully saturated rings. The maximum absolute atomic E-state index is 11.3. The number of nitrogens with zero attached hydrogens (tertiary/aromatic N) is 1. The topological polar surface area (TPSA) is 54.9 Å². The Morgan fingerprint density at radius 2 is 1.86 bits per heavy atom. The fraction of sp³-hybridized carbons (Fsp3) is 0. The zero-order valence-electron chi connectivity index (χ0n) is 7.23. The number of hydrogen-bond acceptors (Lipinski definition) is 2. The summed E-state index contributed by atoms with van der Waals surface area (Å²) in [4.78, 5) is 24.3. The quantitative estimate of drug-likeness (QED) is 0.699. The van der Waals surface area contributed by atoms with Gasteiger partial charge in [0, 0.05) is 12.3 Å². The van der Waals surface area contributed by atoms with Crippen molar-refractivity contribution in [1.29, 1.82) is 0 Å². The lowest BCUT2D eigenvalue weighted by Crippen LogP contribution is -2.27. The summed E-state index contributed by atoms with van der Waals surface area (Å²) < 4.78 is 1.36. The number of rotatable bonds is 1. The monoisotopic (exact) mass is 187 g/mol. The van der Waals surface area contributed by atoms with E-state index in [2.05, 4.69) is 11.1 Å². The van der Waals surface area contributed by atoms with Gasteiger partial charge in [0.1, 0.15) is 0 Å². The zero-order valence-corrected chi connectivity index (χ0v) is 7.23. The molecule has 0 aliphatic heterocycles. The molecule has 0 bridgehead atoms. The second-order valence-electron chi connectivity index (χ2n) is 2.74. The first kappa shape index (κ1) is 8.50. The molecule has 4 heteroatoms. The summed E-state index contributed by atoms with van der Waals surface area (Å²) in [7, 11) is 0. The van der Waals surface area contributed by atoms with Crippen molar-refractivity contribution >= 4 is 0 Å². The lowest BCUT2D eigenvalue weighted by atomic mass is 10.3. The Bertz CT molecular complexity index is 540. The van der Waals surface area contributed by atoms with Crippen molar-refractivity contribution < 1.29 is 0 Å². The van der Waals surface area contributed by atoms with Crippen LogP contribution in [0.5, 0.6) is 0 Å². The van der Waals surface area contributed by atoms with E-state index in [-0.39, 0.29) is 0 Å². The van der Waals surface area contributed by atoms with Crippen LogP contribution in [-0.4, -0.2) is 9.55 Å². The van der Waals surface area contributed by atoms with Crippen LogP contribution in [0.4, 0.5) is 0 Å². The van der Waals surface area contributed by atoms with E-state index in [1.165, 1.54) is 16.8 Å². The van der Waals surface area contributed by atoms with Gasteiger partial charge in [-0.3, -0.25) is 14.3 Å². The minimum Gasteiger partial charge on any atom is -0.274 e. The molecule has 0 saturated carbocycles. The summed E-state index contributed by atoms with van der Waals surface area (Å²) in [5, 5.41) is 0. The summed E-state index contributed by atoms with van der Waals surface area (Å²) in [6, 6.07) is 11.0. The van der Waals surface area contributed by atoms with Crippen molar-refractivity contribution in [3.05, 3.63) is 63.4 Å². The van der Waals surface area contributed by atoms with Crippen molar-refractivity contribution in [1.82, 2.24) is 9.55 Å². The van der Waals surface area contributed by atoms with Crippen molar-refractivity contribution in [2.75, 3.05) is 0 Å². The lowest BCUT2D eigenvalue weighted by molar-refractivity contribution is 0.896. The smallest absolute Gasteiger partial charge is 0.274 e. The highest BCUT2D eigenvalue weighted by atomic mass is 16.2. The van der Waals surface area contributed by atoms with Crippen LogP contribution in [0.2, 0.25) is 0 Å². The van der Waals surface area contributed by atoms with Crippen LogP contribution in [-0.2, 0) is 0 Å². The van der Waals surface area contributed by atoms with Crippen molar-refractivity contribution in [2.45, 2.75) is 0 Å². The van der Waals surface area contributed by atoms with Gasteiger partial charge in [-0.25, -0.2) is 4.79 Å². The van der Waals surface area contributed by atoms with Crippen LogP contribution in [0, 0.1) is 6.07 Å². The van der Waals surface area contributed by atoms with Gasteiger partial charge in [0.25, 0.3) is 5.56 Å². The molecule has 69 valence electrons. The molecule has 0 aliphatic carbocycles. The summed E-state index contributed by atoms with van der Waals surface area (Å²) >= 11 is 0. The summed E-state index contributed by atoms with van der Waals surface area (Å²) in [5.74, 6) is 0. The third-order valence-electron chi connectivity index (χ3n) is 1.80. The van der Waals surface area contributed by atoms with E-state index in [0.717, 1.165) is 0 Å². The van der Waals surface area contributed by atoms with Crippen molar-refractivity contribution in [3.8, 4) is 5.69 Å². The fourth-order valence-electron chi connectivity index (χ4n) is 1.16. The molecule has 0 amide bonds. The highest BCUT2D eigenvalue weighted by molar-refractivity contribution is 5.30. The maximum Gasteiger partial charge on any atom is 0.332 e. The number of aromatic amines is 1. The van der Waals surface area contributed by atoms with E-state index >= 15 is 0 Å². The molecular weight excluding hydrogens is 180 g/mol. The normalized spacial score (nSPS) is 10.0. The van der Waals surface area contributed by atoms with Crippen molar-refractivity contribution in [2.24, 2.45) is 0 Å². The standard InChI is InChI=1S/C10H7N2O2/c13-9-6-7-12(10(14)11-9)8-4-2-1-3-5-8/h2-7H,(H,11,13,14).